The Bertz CT molecular complexity index is 1080. The third-order valence-electron chi connectivity index (χ3n) is 5.90. The number of hydrogen-bond donors (Lipinski definition) is 1. The molecule has 1 aliphatic heterocycles. The first-order valence-electron chi connectivity index (χ1n) is 10.8. The lowest BCUT2D eigenvalue weighted by Gasteiger charge is -2.33. The van der Waals surface area contributed by atoms with Crippen LogP contribution in [0.25, 0.3) is 5.69 Å². The van der Waals surface area contributed by atoms with E-state index >= 15 is 0 Å². The number of aromatic amines is 1. The number of nitrogens with zero attached hydrogens (tertiary/aromatic N) is 3. The standard InChI is InChI=1S/C24H28N4O3/c1-17-8-6-7-11-21(17)28-22(25-26-24(28)30)16-19-12-14-27(15-13-19)23(29)18(2)31-20-9-4-3-5-10-20/h3-11,18-19H,12-16H2,1-2H3,(H,26,30). The minimum Gasteiger partial charge on any atom is -0.481 e. The quantitative estimate of drug-likeness (QED) is 0.664. The molecule has 1 saturated heterocycles. The van der Waals surface area contributed by atoms with E-state index < -0.39 is 6.10 Å². The van der Waals surface area contributed by atoms with Crippen molar-refractivity contribution in [3.8, 4) is 11.4 Å². The Hall–Kier alpha value is -3.35. The fraction of sp³-hybridized carbons (Fsp3) is 0.375. The molecule has 0 bridgehead atoms. The van der Waals surface area contributed by atoms with Crippen molar-refractivity contribution >= 4 is 5.91 Å². The summed E-state index contributed by atoms with van der Waals surface area (Å²) in [5.41, 5.74) is 1.67. The van der Waals surface area contributed by atoms with E-state index in [1.165, 1.54) is 0 Å². The molecule has 3 aromatic rings. The summed E-state index contributed by atoms with van der Waals surface area (Å²) >= 11 is 0. The zero-order valence-corrected chi connectivity index (χ0v) is 18.0. The number of H-pyrrole nitrogens is 1. The van der Waals surface area contributed by atoms with Crippen LogP contribution in [0.1, 0.15) is 31.2 Å². The van der Waals surface area contributed by atoms with Gasteiger partial charge in [0.05, 0.1) is 5.69 Å². The number of rotatable bonds is 6. The molecule has 31 heavy (non-hydrogen) atoms. The van der Waals surface area contributed by atoms with Crippen LogP contribution >= 0.6 is 0 Å². The highest BCUT2D eigenvalue weighted by Gasteiger charge is 2.28. The maximum atomic E-state index is 12.8. The van der Waals surface area contributed by atoms with Gasteiger partial charge in [-0.3, -0.25) is 4.79 Å². The number of carbonyl (C=O) groups is 1. The molecule has 162 valence electrons. The van der Waals surface area contributed by atoms with E-state index in [1.54, 1.807) is 11.5 Å². The summed E-state index contributed by atoms with van der Waals surface area (Å²) in [5.74, 6) is 1.82. The monoisotopic (exact) mass is 420 g/mol. The minimum absolute atomic E-state index is 0.0129. The first-order valence-corrected chi connectivity index (χ1v) is 10.8. The number of likely N-dealkylation sites (tertiary alicyclic amines) is 1. The van der Waals surface area contributed by atoms with E-state index in [9.17, 15) is 9.59 Å². The molecule has 0 spiro atoms. The molecule has 7 heteroatoms. The summed E-state index contributed by atoms with van der Waals surface area (Å²) in [6, 6.07) is 17.2. The number of aromatic nitrogens is 3. The topological polar surface area (TPSA) is 80.2 Å². The van der Waals surface area contributed by atoms with Crippen molar-refractivity contribution in [1.82, 2.24) is 19.7 Å². The Morgan fingerprint density at radius 3 is 2.52 bits per heavy atom. The van der Waals surface area contributed by atoms with E-state index in [4.69, 9.17) is 4.74 Å². The third kappa shape index (κ3) is 4.71. The van der Waals surface area contributed by atoms with Crippen molar-refractivity contribution in [3.05, 3.63) is 76.5 Å². The van der Waals surface area contributed by atoms with Crippen molar-refractivity contribution in [1.29, 1.82) is 0 Å². The summed E-state index contributed by atoms with van der Waals surface area (Å²) in [4.78, 5) is 27.0. The predicted octanol–water partition coefficient (Wildman–Crippen LogP) is 3.12. The summed E-state index contributed by atoms with van der Waals surface area (Å²) in [5, 5.41) is 6.88. The number of carbonyl (C=O) groups excluding carboxylic acids is 1. The van der Waals surface area contributed by atoms with E-state index in [2.05, 4.69) is 10.2 Å². The van der Waals surface area contributed by atoms with Gasteiger partial charge in [-0.1, -0.05) is 36.4 Å². The Morgan fingerprint density at radius 1 is 1.13 bits per heavy atom. The fourth-order valence-electron chi connectivity index (χ4n) is 4.16. The average Bonchev–Trinajstić information content (AvgIpc) is 3.14. The SMILES string of the molecule is Cc1ccccc1-n1c(CC2CCN(C(=O)C(C)Oc3ccccc3)CC2)n[nH]c1=O. The van der Waals surface area contributed by atoms with Gasteiger partial charge >= 0.3 is 5.69 Å². The molecule has 1 aromatic heterocycles. The smallest absolute Gasteiger partial charge is 0.347 e. The van der Waals surface area contributed by atoms with E-state index in [0.717, 1.165) is 29.9 Å². The number of ether oxygens (including phenoxy) is 1. The van der Waals surface area contributed by atoms with Gasteiger partial charge in [0.2, 0.25) is 0 Å². The van der Waals surface area contributed by atoms with Gasteiger partial charge in [-0.2, -0.15) is 5.10 Å². The summed E-state index contributed by atoms with van der Waals surface area (Å²) in [6.45, 7) is 5.16. The van der Waals surface area contributed by atoms with E-state index in [1.807, 2.05) is 66.4 Å². The lowest BCUT2D eigenvalue weighted by Crippen LogP contribution is -2.45. The summed E-state index contributed by atoms with van der Waals surface area (Å²) in [6.07, 6.45) is 1.93. The third-order valence-corrected chi connectivity index (χ3v) is 5.90. The van der Waals surface area contributed by atoms with Crippen LogP contribution in [0.15, 0.2) is 59.4 Å². The number of benzene rings is 2. The zero-order valence-electron chi connectivity index (χ0n) is 18.0. The fourth-order valence-corrected chi connectivity index (χ4v) is 4.16. The molecule has 7 nitrogen and oxygen atoms in total. The van der Waals surface area contributed by atoms with Crippen LogP contribution in [0.5, 0.6) is 5.75 Å². The number of para-hydroxylation sites is 2. The van der Waals surface area contributed by atoms with Crippen LogP contribution in [0.3, 0.4) is 0 Å². The highest BCUT2D eigenvalue weighted by Crippen LogP contribution is 2.23. The lowest BCUT2D eigenvalue weighted by molar-refractivity contribution is -0.139. The van der Waals surface area contributed by atoms with Crippen molar-refractivity contribution < 1.29 is 9.53 Å². The van der Waals surface area contributed by atoms with Crippen LogP contribution in [0.2, 0.25) is 0 Å². The highest BCUT2D eigenvalue weighted by atomic mass is 16.5. The van der Waals surface area contributed by atoms with Gasteiger partial charge in [0.15, 0.2) is 6.10 Å². The second-order valence-electron chi connectivity index (χ2n) is 8.11. The maximum Gasteiger partial charge on any atom is 0.347 e. The molecule has 1 N–H and O–H groups in total. The normalized spacial score (nSPS) is 15.6. The predicted molar refractivity (Wildman–Crippen MR) is 118 cm³/mol. The second-order valence-corrected chi connectivity index (χ2v) is 8.11. The molecule has 1 atom stereocenters. The van der Waals surface area contributed by atoms with Crippen molar-refractivity contribution in [3.63, 3.8) is 0 Å². The number of piperidine rings is 1. The van der Waals surface area contributed by atoms with Gasteiger partial charge in [-0.05, 0) is 56.4 Å². The molecular formula is C24H28N4O3. The second kappa shape index (κ2) is 9.20. The van der Waals surface area contributed by atoms with Crippen LogP contribution in [-0.2, 0) is 11.2 Å². The van der Waals surface area contributed by atoms with Gasteiger partial charge in [0.25, 0.3) is 5.91 Å². The van der Waals surface area contributed by atoms with Crippen LogP contribution in [0.4, 0.5) is 0 Å². The number of nitrogens with one attached hydrogen (secondary N) is 1. The molecule has 1 fully saturated rings. The molecular weight excluding hydrogens is 392 g/mol. The Labute approximate surface area is 181 Å². The molecule has 0 aliphatic carbocycles. The average molecular weight is 421 g/mol. The van der Waals surface area contributed by atoms with Crippen molar-refractivity contribution in [2.24, 2.45) is 5.92 Å². The lowest BCUT2D eigenvalue weighted by atomic mass is 9.93. The van der Waals surface area contributed by atoms with Gasteiger partial charge in [-0.15, -0.1) is 0 Å². The molecule has 0 radical (unpaired) electrons. The van der Waals surface area contributed by atoms with Crippen LogP contribution < -0.4 is 10.4 Å². The molecule has 1 amide bonds. The molecule has 2 aromatic carbocycles. The molecule has 1 unspecified atom stereocenters. The van der Waals surface area contributed by atoms with Crippen molar-refractivity contribution in [2.45, 2.75) is 39.2 Å². The van der Waals surface area contributed by atoms with Crippen LogP contribution in [0, 0.1) is 12.8 Å². The Morgan fingerprint density at radius 2 is 1.81 bits per heavy atom. The summed E-state index contributed by atoms with van der Waals surface area (Å²) < 4.78 is 7.46. The Kier molecular flexibility index (Phi) is 6.21. The number of amides is 1. The van der Waals surface area contributed by atoms with E-state index in [0.29, 0.717) is 31.2 Å². The first-order chi connectivity index (χ1) is 15.0. The number of aryl methyl sites for hydroxylation is 1. The summed E-state index contributed by atoms with van der Waals surface area (Å²) in [7, 11) is 0. The Balaban J connectivity index is 1.37. The van der Waals surface area contributed by atoms with Gasteiger partial charge in [0.1, 0.15) is 11.6 Å². The first kappa shape index (κ1) is 20.9. The minimum atomic E-state index is -0.517. The largest absolute Gasteiger partial charge is 0.481 e. The molecule has 4 rings (SSSR count). The van der Waals surface area contributed by atoms with Gasteiger partial charge in [0, 0.05) is 19.5 Å². The molecule has 0 saturated carbocycles. The zero-order chi connectivity index (χ0) is 21.8. The van der Waals surface area contributed by atoms with Gasteiger partial charge in [-0.25, -0.2) is 14.5 Å². The molecule has 1 aliphatic rings. The number of hydrogen-bond acceptors (Lipinski definition) is 4. The van der Waals surface area contributed by atoms with Crippen molar-refractivity contribution in [2.75, 3.05) is 13.1 Å². The van der Waals surface area contributed by atoms with Crippen LogP contribution in [-0.4, -0.2) is 44.8 Å². The molecule has 2 heterocycles. The van der Waals surface area contributed by atoms with Gasteiger partial charge < -0.3 is 9.64 Å². The van der Waals surface area contributed by atoms with E-state index in [-0.39, 0.29) is 11.6 Å². The maximum absolute atomic E-state index is 12.8. The highest BCUT2D eigenvalue weighted by molar-refractivity contribution is 5.81.